The lowest BCUT2D eigenvalue weighted by molar-refractivity contribution is -0.139. The number of carbonyl (C=O) groups excluding carboxylic acids is 1. The van der Waals surface area contributed by atoms with E-state index in [1.807, 2.05) is 0 Å². The molecule has 0 spiro atoms. The van der Waals surface area contributed by atoms with Crippen molar-refractivity contribution in [1.29, 1.82) is 0 Å². The maximum atomic E-state index is 14.6. The number of methoxy groups -OCH3 is 1. The quantitative estimate of drug-likeness (QED) is 0.513. The molecule has 2 heterocycles. The average Bonchev–Trinajstić information content (AvgIpc) is 2.74. The number of nitrogens with zero attached hydrogens (tertiary/aromatic N) is 3. The van der Waals surface area contributed by atoms with Crippen molar-refractivity contribution < 1.29 is 41.4 Å². The van der Waals surface area contributed by atoms with Gasteiger partial charge in [0, 0.05) is 25.4 Å². The summed E-state index contributed by atoms with van der Waals surface area (Å²) >= 11 is 0. The summed E-state index contributed by atoms with van der Waals surface area (Å²) in [7, 11) is 1.25. The van der Waals surface area contributed by atoms with E-state index in [0.29, 0.717) is 32.5 Å². The molecule has 0 bridgehead atoms. The number of carbonyl (C=O) groups is 1. The van der Waals surface area contributed by atoms with Crippen LogP contribution >= 0.6 is 0 Å². The van der Waals surface area contributed by atoms with Crippen molar-refractivity contribution in [3.8, 4) is 5.75 Å². The van der Waals surface area contributed by atoms with Gasteiger partial charge in [0.25, 0.3) is 5.91 Å². The largest absolute Gasteiger partial charge is 0.495 e. The Balaban J connectivity index is 1.90. The molecule has 14 heteroatoms. The number of anilines is 3. The van der Waals surface area contributed by atoms with E-state index in [1.165, 1.54) is 17.5 Å². The molecule has 1 fully saturated rings. The van der Waals surface area contributed by atoms with Gasteiger partial charge < -0.3 is 19.7 Å². The zero-order chi connectivity index (χ0) is 22.6. The van der Waals surface area contributed by atoms with Gasteiger partial charge >= 0.3 is 6.18 Å². The number of hydrogen-bond acceptors (Lipinski definition) is 8. The summed E-state index contributed by atoms with van der Waals surface area (Å²) in [5, 5.41) is 5.50. The van der Waals surface area contributed by atoms with E-state index in [2.05, 4.69) is 20.3 Å². The van der Waals surface area contributed by atoms with E-state index < -0.39 is 35.2 Å². The number of ether oxygens (including phenoxy) is 2. The zero-order valence-electron chi connectivity index (χ0n) is 15.9. The summed E-state index contributed by atoms with van der Waals surface area (Å²) < 4.78 is 75.9. The molecule has 1 amide bonds. The van der Waals surface area contributed by atoms with Crippen LogP contribution in [0, 0.1) is 5.82 Å². The number of halogens is 5. The molecule has 0 saturated carbocycles. The fraction of sp³-hybridized carbons (Fsp3) is 0.353. The van der Waals surface area contributed by atoms with E-state index in [0.717, 1.165) is 12.1 Å². The van der Waals surface area contributed by atoms with E-state index in [9.17, 15) is 26.9 Å². The van der Waals surface area contributed by atoms with Gasteiger partial charge in [-0.3, -0.25) is 4.79 Å². The van der Waals surface area contributed by atoms with Crippen LogP contribution in [-0.4, -0.2) is 54.2 Å². The van der Waals surface area contributed by atoms with Crippen molar-refractivity contribution in [3.63, 3.8) is 0 Å². The lowest BCUT2D eigenvalue weighted by Crippen LogP contribution is -2.41. The van der Waals surface area contributed by atoms with Gasteiger partial charge in [-0.2, -0.15) is 18.2 Å². The lowest BCUT2D eigenvalue weighted by Gasteiger charge is -2.27. The Morgan fingerprint density at radius 1 is 1.26 bits per heavy atom. The second-order valence-corrected chi connectivity index (χ2v) is 6.19. The molecule has 2 N–H and O–H groups in total. The van der Waals surface area contributed by atoms with Gasteiger partial charge in [-0.05, 0) is 10.6 Å². The van der Waals surface area contributed by atoms with Crippen LogP contribution in [-0.2, 0) is 16.0 Å². The predicted molar refractivity (Wildman–Crippen MR) is 95.8 cm³/mol. The second kappa shape index (κ2) is 9.26. The first-order chi connectivity index (χ1) is 14.7. The van der Waals surface area contributed by atoms with E-state index >= 15 is 0 Å². The first kappa shape index (κ1) is 22.4. The summed E-state index contributed by atoms with van der Waals surface area (Å²) in [6, 6.07) is 2.05. The highest BCUT2D eigenvalue weighted by Gasteiger charge is 2.35. The number of benzene rings is 1. The number of alkyl halides is 3. The average molecular weight is 449 g/mol. The van der Waals surface area contributed by atoms with Crippen molar-refractivity contribution in [1.82, 2.24) is 14.9 Å². The van der Waals surface area contributed by atoms with Crippen molar-refractivity contribution in [2.24, 2.45) is 0 Å². The lowest BCUT2D eigenvalue weighted by atomic mass is 10.1. The van der Waals surface area contributed by atoms with Crippen LogP contribution in [0.1, 0.15) is 15.9 Å². The molecule has 1 aromatic carbocycles. The fourth-order valence-electron chi connectivity index (χ4n) is 2.80. The zero-order valence-corrected chi connectivity index (χ0v) is 15.9. The molecule has 9 nitrogen and oxygen atoms in total. The molecular formula is C17H16F5N5O4. The van der Waals surface area contributed by atoms with Crippen LogP contribution in [0.5, 0.6) is 5.75 Å². The van der Waals surface area contributed by atoms with E-state index in [1.54, 1.807) is 0 Å². The molecule has 0 unspecified atom stereocenters. The minimum Gasteiger partial charge on any atom is -0.495 e. The smallest absolute Gasteiger partial charge is 0.421 e. The molecule has 31 heavy (non-hydrogen) atoms. The molecule has 2 aromatic rings. The molecule has 168 valence electrons. The Morgan fingerprint density at radius 2 is 1.97 bits per heavy atom. The van der Waals surface area contributed by atoms with Crippen LogP contribution in [0.2, 0.25) is 0 Å². The topological polar surface area (TPSA) is 97.8 Å². The fourth-order valence-corrected chi connectivity index (χ4v) is 2.80. The summed E-state index contributed by atoms with van der Waals surface area (Å²) in [4.78, 5) is 21.0. The van der Waals surface area contributed by atoms with Crippen LogP contribution in [0.4, 0.5) is 39.5 Å². The molecule has 3 rings (SSSR count). The first-order valence-corrected chi connectivity index (χ1v) is 8.74. The van der Waals surface area contributed by atoms with Crippen molar-refractivity contribution in [2.45, 2.75) is 6.18 Å². The molecular weight excluding hydrogens is 433 g/mol. The van der Waals surface area contributed by atoms with Crippen LogP contribution in [0.25, 0.3) is 0 Å². The minimum atomic E-state index is -4.88. The number of hydrogen-bond donors (Lipinski definition) is 2. The van der Waals surface area contributed by atoms with Crippen LogP contribution < -0.4 is 15.5 Å². The summed E-state index contributed by atoms with van der Waals surface area (Å²) in [6.07, 6.45) is -4.50. The van der Waals surface area contributed by atoms with Gasteiger partial charge in [0.05, 0.1) is 31.6 Å². The number of morpholine rings is 1. The van der Waals surface area contributed by atoms with Gasteiger partial charge in [-0.1, -0.05) is 5.04 Å². The molecule has 1 aliphatic heterocycles. The molecule has 1 aromatic heterocycles. The van der Waals surface area contributed by atoms with Crippen molar-refractivity contribution in [2.75, 3.05) is 44.2 Å². The first-order valence-electron chi connectivity index (χ1n) is 8.74. The van der Waals surface area contributed by atoms with Crippen LogP contribution in [0.15, 0.2) is 18.3 Å². The number of nitrogens with one attached hydrogen (secondary N) is 2. The Hall–Kier alpha value is -3.26. The molecule has 0 radical (unpaired) electrons. The number of aromatic nitrogens is 2. The summed E-state index contributed by atoms with van der Waals surface area (Å²) in [5.74, 6) is -2.93. The number of rotatable bonds is 6. The molecule has 1 saturated heterocycles. The van der Waals surface area contributed by atoms with E-state index in [-0.39, 0.29) is 17.0 Å². The van der Waals surface area contributed by atoms with E-state index in [4.69, 9.17) is 9.47 Å². The SMILES string of the molecule is COc1cc(C(=O)N2CCOCC2)c(F)cc1Nc1ncc(C(F)(F)F)c(NOF)n1. The van der Waals surface area contributed by atoms with Gasteiger partial charge in [0.15, 0.2) is 5.82 Å². The maximum Gasteiger partial charge on any atom is 0.421 e. The third kappa shape index (κ3) is 5.08. The van der Waals surface area contributed by atoms with Gasteiger partial charge in [0.2, 0.25) is 5.95 Å². The second-order valence-electron chi connectivity index (χ2n) is 6.19. The van der Waals surface area contributed by atoms with Crippen molar-refractivity contribution >= 4 is 23.4 Å². The summed E-state index contributed by atoms with van der Waals surface area (Å²) in [5.41, 5.74) is -0.360. The van der Waals surface area contributed by atoms with Gasteiger partial charge in [-0.25, -0.2) is 14.9 Å². The third-order valence-corrected chi connectivity index (χ3v) is 4.29. The van der Waals surface area contributed by atoms with Crippen LogP contribution in [0.3, 0.4) is 0 Å². The number of amides is 1. The Kier molecular flexibility index (Phi) is 6.70. The maximum absolute atomic E-state index is 14.6. The minimum absolute atomic E-state index is 0.00208. The summed E-state index contributed by atoms with van der Waals surface area (Å²) in [6.45, 7) is 1.25. The normalized spacial score (nSPS) is 14.3. The van der Waals surface area contributed by atoms with Gasteiger partial charge in [-0.15, -0.1) is 0 Å². The van der Waals surface area contributed by atoms with Crippen molar-refractivity contribution in [3.05, 3.63) is 35.3 Å². The monoisotopic (exact) mass is 449 g/mol. The van der Waals surface area contributed by atoms with Gasteiger partial charge in [0.1, 0.15) is 17.1 Å². The molecule has 0 aliphatic carbocycles. The third-order valence-electron chi connectivity index (χ3n) is 4.29. The standard InChI is InChI=1S/C17H16F5N5O4/c1-29-13-6-9(15(28)27-2-4-30-5-3-27)11(18)7-12(13)24-16-23-8-10(17(19,20)21)14(25-16)26-31-22/h6-8H,2-5H2,1H3,(H2,23,24,25,26). The highest BCUT2D eigenvalue weighted by molar-refractivity contribution is 5.96. The predicted octanol–water partition coefficient (Wildman–Crippen LogP) is 3.09. The Labute approximate surface area is 172 Å². The highest BCUT2D eigenvalue weighted by atomic mass is 19.4. The highest BCUT2D eigenvalue weighted by Crippen LogP contribution is 2.35. The Bertz CT molecular complexity index is 953. The Morgan fingerprint density at radius 3 is 2.58 bits per heavy atom. The molecule has 0 atom stereocenters. The molecule has 1 aliphatic rings.